The topological polar surface area (TPSA) is 188 Å². The molecule has 4 atom stereocenters. The Labute approximate surface area is 360 Å². The number of esters is 2. The summed E-state index contributed by atoms with van der Waals surface area (Å²) >= 11 is 0. The second-order valence-electron chi connectivity index (χ2n) is 14.8. The zero-order valence-corrected chi connectivity index (χ0v) is 37.7. The molecule has 5 N–H and O–H groups in total. The summed E-state index contributed by atoms with van der Waals surface area (Å²) in [5.74, 6) is 1.22. The molecule has 0 fully saturated rings. The average Bonchev–Trinajstić information content (AvgIpc) is 3.48. The van der Waals surface area contributed by atoms with Crippen LogP contribution in [0.5, 0.6) is 0 Å². The van der Waals surface area contributed by atoms with Crippen molar-refractivity contribution in [2.45, 2.75) is 162 Å². The summed E-state index contributed by atoms with van der Waals surface area (Å²) in [6.07, 6.45) is 34.3. The molecule has 0 aliphatic rings. The number of aryl methyl sites for hydroxylation is 2. The molecule has 12 nitrogen and oxygen atoms in total. The number of ether oxygens (including phenoxy) is 2. The predicted molar refractivity (Wildman–Crippen MR) is 239 cm³/mol. The lowest BCUT2D eigenvalue weighted by Gasteiger charge is -2.19. The van der Waals surface area contributed by atoms with Gasteiger partial charge in [-0.2, -0.15) is 0 Å². The van der Waals surface area contributed by atoms with Crippen molar-refractivity contribution < 1.29 is 52.2 Å². The Morgan fingerprint density at radius 1 is 0.733 bits per heavy atom. The van der Waals surface area contributed by atoms with Gasteiger partial charge in [0, 0.05) is 32.2 Å². The van der Waals surface area contributed by atoms with Crippen molar-refractivity contribution in [1.29, 1.82) is 0 Å². The van der Waals surface area contributed by atoms with Crippen LogP contribution in [-0.2, 0) is 45.5 Å². The van der Waals surface area contributed by atoms with Gasteiger partial charge in [-0.15, -0.1) is 0 Å². The molecule has 0 aliphatic heterocycles. The molecule has 0 bridgehead atoms. The third-order valence-corrected chi connectivity index (χ3v) is 10.4. The zero-order valence-electron chi connectivity index (χ0n) is 36.8. The molecule has 1 unspecified atom stereocenters. The minimum atomic E-state index is -4.45. The molecular weight excluding hydrogens is 785 g/mol. The molecule has 0 aromatic carbocycles. The van der Waals surface area contributed by atoms with Crippen LogP contribution in [-0.4, -0.2) is 71.7 Å². The fourth-order valence-corrected chi connectivity index (χ4v) is 6.71. The van der Waals surface area contributed by atoms with Gasteiger partial charge < -0.3 is 34.7 Å². The number of furan rings is 1. The number of aliphatic hydroxyl groups excluding tert-OH is 2. The first-order valence-electron chi connectivity index (χ1n) is 22.0. The Bertz CT molecular complexity index is 1530. The van der Waals surface area contributed by atoms with E-state index in [1.54, 1.807) is 30.4 Å². The van der Waals surface area contributed by atoms with Crippen LogP contribution in [0.1, 0.15) is 139 Å². The average molecular weight is 862 g/mol. The quantitative estimate of drug-likeness (QED) is 0.0165. The van der Waals surface area contributed by atoms with Gasteiger partial charge in [0.2, 0.25) is 0 Å². The summed E-state index contributed by atoms with van der Waals surface area (Å²) in [7, 11) is -4.45. The summed E-state index contributed by atoms with van der Waals surface area (Å²) in [6, 6.07) is 0. The van der Waals surface area contributed by atoms with Crippen molar-refractivity contribution in [2.75, 3.05) is 26.4 Å². The van der Waals surface area contributed by atoms with E-state index in [1.807, 2.05) is 42.5 Å². The molecule has 340 valence electrons. The van der Waals surface area contributed by atoms with E-state index in [2.05, 4.69) is 27.7 Å². The number of unbranched alkanes of at least 4 members (excludes halogenated alkanes) is 8. The number of hydrogen-bond acceptors (Lipinski definition) is 11. The molecule has 0 saturated carbocycles. The maximum atomic E-state index is 12.6. The Balaban J connectivity index is 2.35. The summed E-state index contributed by atoms with van der Waals surface area (Å²) in [5, 5.41) is 20.0. The highest BCUT2D eigenvalue weighted by Gasteiger charge is 2.26. The summed E-state index contributed by atoms with van der Waals surface area (Å²) in [4.78, 5) is 35.0. The molecule has 0 radical (unpaired) electrons. The normalized spacial score (nSPS) is 15.0. The van der Waals surface area contributed by atoms with E-state index < -0.39 is 44.7 Å². The number of rotatable bonds is 36. The Kier molecular flexibility index (Phi) is 32.1. The molecular formula is C47H76NO11P. The number of aliphatic hydroxyl groups is 2. The predicted octanol–water partition coefficient (Wildman–Crippen LogP) is 9.87. The van der Waals surface area contributed by atoms with Crippen LogP contribution in [0, 0.1) is 13.8 Å². The van der Waals surface area contributed by atoms with Crippen LogP contribution in [0.15, 0.2) is 77.3 Å². The molecule has 60 heavy (non-hydrogen) atoms. The maximum Gasteiger partial charge on any atom is 0.472 e. The van der Waals surface area contributed by atoms with E-state index in [0.29, 0.717) is 32.1 Å². The van der Waals surface area contributed by atoms with Gasteiger partial charge in [-0.1, -0.05) is 125 Å². The Morgan fingerprint density at radius 2 is 1.37 bits per heavy atom. The SMILES string of the molecule is CC/C=C\C[C@H](O)/C=C/C=C\C/C=C\C=C\[C@H](O)/C=C\CCCC(=O)O[C@H](COC(=O)CCCCCCCCCCc1oc(CCC)c(C)c1C)COP(=O)(O)OCCN. The Morgan fingerprint density at radius 3 is 2.03 bits per heavy atom. The standard InChI is InChI=1S/C47H76NO11P/c1-5-7-20-28-41(49)29-21-15-11-10-12-16-22-30-42(50)31-23-19-26-34-47(52)58-43(38-57-60(53,54)56-36-35-48)37-55-46(51)33-25-18-14-9-8-13-17-24-32-45-40(4)39(3)44(59-45)27-6-2/h7,11-12,15-16,20-23,29-31,41-43,49-50H,5-6,8-10,13-14,17-19,24-28,32-38,48H2,1-4H3,(H,53,54)/b15-11-,16-12-,20-7-,29-21+,30-22+,31-23-/t41-,42-,43+/m0/s1. The molecule has 0 spiro atoms. The Hall–Kier alpha value is -3.35. The van der Waals surface area contributed by atoms with Gasteiger partial charge >= 0.3 is 19.8 Å². The van der Waals surface area contributed by atoms with Crippen LogP contribution >= 0.6 is 7.82 Å². The number of allylic oxidation sites excluding steroid dienone is 8. The molecule has 0 amide bonds. The van der Waals surface area contributed by atoms with Gasteiger partial charge in [-0.05, 0) is 76.3 Å². The molecule has 1 heterocycles. The van der Waals surface area contributed by atoms with Crippen LogP contribution in [0.25, 0.3) is 0 Å². The number of carbonyl (C=O) groups excluding carboxylic acids is 2. The highest BCUT2D eigenvalue weighted by molar-refractivity contribution is 7.47. The van der Waals surface area contributed by atoms with Gasteiger partial charge in [0.25, 0.3) is 0 Å². The molecule has 1 aromatic rings. The highest BCUT2D eigenvalue weighted by Crippen LogP contribution is 2.43. The number of phosphoric ester groups is 1. The maximum absolute atomic E-state index is 12.6. The summed E-state index contributed by atoms with van der Waals surface area (Å²) < 4.78 is 38.8. The first-order chi connectivity index (χ1) is 28.9. The second kappa shape index (κ2) is 35.3. The van der Waals surface area contributed by atoms with E-state index in [-0.39, 0.29) is 32.6 Å². The lowest BCUT2D eigenvalue weighted by Crippen LogP contribution is -2.29. The van der Waals surface area contributed by atoms with E-state index >= 15 is 0 Å². The second-order valence-corrected chi connectivity index (χ2v) is 16.3. The van der Waals surface area contributed by atoms with E-state index in [1.165, 1.54) is 17.5 Å². The van der Waals surface area contributed by atoms with Crippen LogP contribution < -0.4 is 5.73 Å². The van der Waals surface area contributed by atoms with Crippen LogP contribution in [0.3, 0.4) is 0 Å². The third-order valence-electron chi connectivity index (χ3n) is 9.45. The number of carbonyl (C=O) groups is 2. The lowest BCUT2D eigenvalue weighted by atomic mass is 10.0. The van der Waals surface area contributed by atoms with E-state index in [4.69, 9.17) is 28.7 Å². The van der Waals surface area contributed by atoms with Gasteiger partial charge in [-0.25, -0.2) is 4.57 Å². The minimum Gasteiger partial charge on any atom is -0.466 e. The van der Waals surface area contributed by atoms with Crippen molar-refractivity contribution >= 4 is 19.8 Å². The zero-order chi connectivity index (χ0) is 44.3. The molecule has 1 aromatic heterocycles. The smallest absolute Gasteiger partial charge is 0.466 e. The highest BCUT2D eigenvalue weighted by atomic mass is 31.2. The fraction of sp³-hybridized carbons (Fsp3) is 0.617. The summed E-state index contributed by atoms with van der Waals surface area (Å²) in [5.41, 5.74) is 7.94. The van der Waals surface area contributed by atoms with Crippen molar-refractivity contribution in [1.82, 2.24) is 0 Å². The molecule has 0 saturated heterocycles. The van der Waals surface area contributed by atoms with Gasteiger partial charge in [0.15, 0.2) is 6.10 Å². The number of phosphoric acid groups is 1. The molecule has 1 rings (SSSR count). The first kappa shape index (κ1) is 54.7. The molecule has 0 aliphatic carbocycles. The van der Waals surface area contributed by atoms with Gasteiger partial charge in [0.1, 0.15) is 18.1 Å². The van der Waals surface area contributed by atoms with Crippen molar-refractivity contribution in [3.05, 3.63) is 95.6 Å². The van der Waals surface area contributed by atoms with E-state index in [9.17, 15) is 29.3 Å². The van der Waals surface area contributed by atoms with Crippen molar-refractivity contribution in [3.63, 3.8) is 0 Å². The third kappa shape index (κ3) is 29.0. The number of hydrogen-bond donors (Lipinski definition) is 4. The summed E-state index contributed by atoms with van der Waals surface area (Å²) in [6.45, 7) is 7.49. The van der Waals surface area contributed by atoms with Gasteiger partial charge in [-0.3, -0.25) is 18.6 Å². The lowest BCUT2D eigenvalue weighted by molar-refractivity contribution is -0.161. The van der Waals surface area contributed by atoms with Crippen molar-refractivity contribution in [3.8, 4) is 0 Å². The van der Waals surface area contributed by atoms with Crippen LogP contribution in [0.2, 0.25) is 0 Å². The van der Waals surface area contributed by atoms with E-state index in [0.717, 1.165) is 75.7 Å². The first-order valence-corrected chi connectivity index (χ1v) is 23.5. The van der Waals surface area contributed by atoms with Crippen LogP contribution in [0.4, 0.5) is 0 Å². The minimum absolute atomic E-state index is 0.0102. The van der Waals surface area contributed by atoms with Crippen molar-refractivity contribution in [2.24, 2.45) is 5.73 Å². The molecule has 13 heteroatoms. The largest absolute Gasteiger partial charge is 0.472 e. The fourth-order valence-electron chi connectivity index (χ4n) is 5.95. The number of nitrogens with two attached hydrogens (primary N) is 1. The monoisotopic (exact) mass is 862 g/mol. The van der Waals surface area contributed by atoms with Gasteiger partial charge in [0.05, 0.1) is 25.4 Å².